The molecule has 0 aliphatic heterocycles. The van der Waals surface area contributed by atoms with E-state index in [1.165, 1.54) is 5.56 Å². The molecule has 2 aromatic heterocycles. The summed E-state index contributed by atoms with van der Waals surface area (Å²) in [5.74, 6) is 1.49. The van der Waals surface area contributed by atoms with Crippen LogP contribution in [-0.4, -0.2) is 20.2 Å². The van der Waals surface area contributed by atoms with Gasteiger partial charge in [-0.25, -0.2) is 4.98 Å². The lowest BCUT2D eigenvalue weighted by Gasteiger charge is -1.95. The maximum Gasteiger partial charge on any atom is 0.199 e. The third-order valence-corrected chi connectivity index (χ3v) is 2.64. The Morgan fingerprint density at radius 1 is 0.944 bits per heavy atom. The number of pyridine rings is 1. The zero-order valence-electron chi connectivity index (χ0n) is 9.74. The molecule has 0 atom stereocenters. The molecule has 0 saturated heterocycles. The van der Waals surface area contributed by atoms with Gasteiger partial charge in [0.15, 0.2) is 5.82 Å². The highest BCUT2D eigenvalue weighted by Gasteiger charge is 2.06. The minimum Gasteiger partial charge on any atom is -0.262 e. The average Bonchev–Trinajstić information content (AvgIpc) is 2.89. The molecule has 0 spiro atoms. The number of aromatic nitrogens is 4. The largest absolute Gasteiger partial charge is 0.262 e. The molecule has 0 fully saturated rings. The summed E-state index contributed by atoms with van der Waals surface area (Å²) < 4.78 is 0. The van der Waals surface area contributed by atoms with Crippen molar-refractivity contribution in [1.29, 1.82) is 0 Å². The van der Waals surface area contributed by atoms with E-state index in [1.807, 2.05) is 36.4 Å². The van der Waals surface area contributed by atoms with E-state index in [2.05, 4.69) is 32.3 Å². The van der Waals surface area contributed by atoms with Gasteiger partial charge in [0.1, 0.15) is 11.5 Å². The molecule has 1 N–H and O–H groups in total. The van der Waals surface area contributed by atoms with Crippen molar-refractivity contribution in [2.75, 3.05) is 0 Å². The number of aromatic amines is 1. The zero-order valence-corrected chi connectivity index (χ0v) is 9.74. The average molecular weight is 236 g/mol. The second-order valence-electron chi connectivity index (χ2n) is 3.98. The molecule has 0 radical (unpaired) electrons. The van der Waals surface area contributed by atoms with Gasteiger partial charge in [-0.3, -0.25) is 10.1 Å². The second-order valence-corrected chi connectivity index (χ2v) is 3.98. The Morgan fingerprint density at radius 3 is 2.56 bits per heavy atom. The van der Waals surface area contributed by atoms with Crippen LogP contribution in [0.3, 0.4) is 0 Å². The fourth-order valence-corrected chi connectivity index (χ4v) is 1.77. The lowest BCUT2D eigenvalue weighted by atomic mass is 10.1. The molecule has 0 bridgehead atoms. The number of H-pyrrole nitrogens is 1. The normalized spacial score (nSPS) is 10.4. The first-order chi connectivity index (χ1) is 8.92. The van der Waals surface area contributed by atoms with Crippen molar-refractivity contribution >= 4 is 0 Å². The number of benzene rings is 1. The summed E-state index contributed by atoms with van der Waals surface area (Å²) in [5, 5.41) is 7.14. The van der Waals surface area contributed by atoms with E-state index < -0.39 is 0 Å². The maximum absolute atomic E-state index is 4.45. The van der Waals surface area contributed by atoms with Gasteiger partial charge in [-0.2, -0.15) is 5.10 Å². The van der Waals surface area contributed by atoms with Crippen LogP contribution in [0.2, 0.25) is 0 Å². The van der Waals surface area contributed by atoms with Crippen molar-refractivity contribution in [3.05, 3.63) is 66.1 Å². The summed E-state index contributed by atoms with van der Waals surface area (Å²) in [7, 11) is 0. The molecule has 4 nitrogen and oxygen atoms in total. The van der Waals surface area contributed by atoms with Crippen LogP contribution in [0.5, 0.6) is 0 Å². The summed E-state index contributed by atoms with van der Waals surface area (Å²) in [4.78, 5) is 8.67. The Kier molecular flexibility index (Phi) is 2.84. The molecule has 0 aliphatic carbocycles. The van der Waals surface area contributed by atoms with Crippen molar-refractivity contribution < 1.29 is 0 Å². The van der Waals surface area contributed by atoms with E-state index in [1.54, 1.807) is 6.20 Å². The van der Waals surface area contributed by atoms with Crippen LogP contribution in [-0.2, 0) is 6.42 Å². The third kappa shape index (κ3) is 2.27. The molecule has 0 aliphatic rings. The summed E-state index contributed by atoms with van der Waals surface area (Å²) in [6.45, 7) is 0. The molecule has 88 valence electrons. The van der Waals surface area contributed by atoms with Crippen molar-refractivity contribution in [3.8, 4) is 11.5 Å². The summed E-state index contributed by atoms with van der Waals surface area (Å²) in [6.07, 6.45) is 2.49. The van der Waals surface area contributed by atoms with E-state index >= 15 is 0 Å². The minimum absolute atomic E-state index is 0.640. The van der Waals surface area contributed by atoms with Crippen LogP contribution in [0.4, 0.5) is 0 Å². The Bertz CT molecular complexity index is 617. The minimum atomic E-state index is 0.640. The molecule has 0 amide bonds. The predicted octanol–water partition coefficient (Wildman–Crippen LogP) is 2.46. The van der Waals surface area contributed by atoms with E-state index in [0.717, 1.165) is 17.9 Å². The molecule has 1 aromatic carbocycles. The van der Waals surface area contributed by atoms with Crippen LogP contribution >= 0.6 is 0 Å². The monoisotopic (exact) mass is 236 g/mol. The second kappa shape index (κ2) is 4.79. The van der Waals surface area contributed by atoms with Crippen LogP contribution in [0.1, 0.15) is 11.4 Å². The van der Waals surface area contributed by atoms with Crippen molar-refractivity contribution in [2.45, 2.75) is 6.42 Å². The SMILES string of the molecule is c1ccc(Cc2nc(-c3ccccn3)n[nH]2)cc1. The molecule has 2 heterocycles. The van der Waals surface area contributed by atoms with Gasteiger partial charge in [-0.05, 0) is 17.7 Å². The molecule has 0 unspecified atom stereocenters. The standard InChI is InChI=1S/C14H12N4/c1-2-6-11(7-3-1)10-13-16-14(18-17-13)12-8-4-5-9-15-12/h1-9H,10H2,(H,16,17,18). The highest BCUT2D eigenvalue weighted by atomic mass is 15.2. The van der Waals surface area contributed by atoms with Gasteiger partial charge >= 0.3 is 0 Å². The topological polar surface area (TPSA) is 54.5 Å². The molecule has 0 saturated carbocycles. The number of rotatable bonds is 3. The van der Waals surface area contributed by atoms with Gasteiger partial charge in [0.25, 0.3) is 0 Å². The molecule has 18 heavy (non-hydrogen) atoms. The van der Waals surface area contributed by atoms with Crippen molar-refractivity contribution in [3.63, 3.8) is 0 Å². The number of nitrogens with one attached hydrogen (secondary N) is 1. The first-order valence-electron chi connectivity index (χ1n) is 5.78. The predicted molar refractivity (Wildman–Crippen MR) is 68.9 cm³/mol. The van der Waals surface area contributed by atoms with Gasteiger partial charge in [-0.1, -0.05) is 36.4 Å². The molecular formula is C14H12N4. The first kappa shape index (κ1) is 10.7. The maximum atomic E-state index is 4.45. The molecular weight excluding hydrogens is 224 g/mol. The summed E-state index contributed by atoms with van der Waals surface area (Å²) in [6, 6.07) is 15.9. The lowest BCUT2D eigenvalue weighted by molar-refractivity contribution is 0.972. The van der Waals surface area contributed by atoms with Crippen molar-refractivity contribution in [2.24, 2.45) is 0 Å². The van der Waals surface area contributed by atoms with E-state index in [9.17, 15) is 0 Å². The van der Waals surface area contributed by atoms with E-state index in [0.29, 0.717) is 5.82 Å². The van der Waals surface area contributed by atoms with Gasteiger partial charge in [0.2, 0.25) is 0 Å². The van der Waals surface area contributed by atoms with Crippen LogP contribution in [0, 0.1) is 0 Å². The summed E-state index contributed by atoms with van der Waals surface area (Å²) >= 11 is 0. The lowest BCUT2D eigenvalue weighted by Crippen LogP contribution is -1.90. The zero-order chi connectivity index (χ0) is 12.2. The van der Waals surface area contributed by atoms with Crippen LogP contribution in [0.25, 0.3) is 11.5 Å². The van der Waals surface area contributed by atoms with Gasteiger partial charge in [0, 0.05) is 12.6 Å². The number of hydrogen-bond donors (Lipinski definition) is 1. The van der Waals surface area contributed by atoms with E-state index in [-0.39, 0.29) is 0 Å². The van der Waals surface area contributed by atoms with Gasteiger partial charge in [0.05, 0.1) is 0 Å². The Hall–Kier alpha value is -2.49. The fourth-order valence-electron chi connectivity index (χ4n) is 1.77. The smallest absolute Gasteiger partial charge is 0.199 e. The Labute approximate surface area is 105 Å². The fraction of sp³-hybridized carbons (Fsp3) is 0.0714. The summed E-state index contributed by atoms with van der Waals surface area (Å²) in [5.41, 5.74) is 1.99. The molecule has 4 heteroatoms. The number of hydrogen-bond acceptors (Lipinski definition) is 3. The van der Waals surface area contributed by atoms with Crippen LogP contribution < -0.4 is 0 Å². The highest BCUT2D eigenvalue weighted by molar-refractivity contribution is 5.47. The first-order valence-corrected chi connectivity index (χ1v) is 5.78. The van der Waals surface area contributed by atoms with Crippen LogP contribution in [0.15, 0.2) is 54.7 Å². The highest BCUT2D eigenvalue weighted by Crippen LogP contribution is 2.12. The molecule has 3 rings (SSSR count). The van der Waals surface area contributed by atoms with E-state index in [4.69, 9.17) is 0 Å². The Morgan fingerprint density at radius 2 is 1.78 bits per heavy atom. The molecule has 3 aromatic rings. The quantitative estimate of drug-likeness (QED) is 0.760. The third-order valence-electron chi connectivity index (χ3n) is 2.64. The van der Waals surface area contributed by atoms with Gasteiger partial charge in [-0.15, -0.1) is 0 Å². The Balaban J connectivity index is 1.82. The number of nitrogens with zero attached hydrogens (tertiary/aromatic N) is 3. The van der Waals surface area contributed by atoms with Crippen molar-refractivity contribution in [1.82, 2.24) is 20.2 Å². The van der Waals surface area contributed by atoms with Gasteiger partial charge < -0.3 is 0 Å².